The lowest BCUT2D eigenvalue weighted by atomic mass is 10.0. The maximum Gasteiger partial charge on any atom is 0.0897 e. The summed E-state index contributed by atoms with van der Waals surface area (Å²) in [6.45, 7) is 8.34. The molecule has 2 unspecified atom stereocenters. The van der Waals surface area contributed by atoms with E-state index in [9.17, 15) is 10.2 Å². The van der Waals surface area contributed by atoms with Gasteiger partial charge in [-0.3, -0.25) is 0 Å². The number of hydrogen-bond donors (Lipinski definition) is 3. The zero-order valence-electron chi connectivity index (χ0n) is 11.2. The Morgan fingerprint density at radius 3 is 2.41 bits per heavy atom. The molecule has 0 aromatic carbocycles. The lowest BCUT2D eigenvalue weighted by Crippen LogP contribution is -2.48. The summed E-state index contributed by atoms with van der Waals surface area (Å²) in [5.74, 6) is 0. The number of β-amino-alcohol motifs (C(OH)–C–C–N with tert-alkyl or cyclic N) is 1. The van der Waals surface area contributed by atoms with Crippen LogP contribution in [0.4, 0.5) is 0 Å². The number of nitrogens with one attached hydrogen (secondary N) is 1. The van der Waals surface area contributed by atoms with Gasteiger partial charge in [0, 0.05) is 18.7 Å². The molecular formula is C12H27NO4. The molecule has 0 aromatic rings. The van der Waals surface area contributed by atoms with E-state index in [1.807, 2.05) is 20.8 Å². The highest BCUT2D eigenvalue weighted by atomic mass is 16.5. The second-order valence-corrected chi connectivity index (χ2v) is 4.38. The molecule has 0 rings (SSSR count). The van der Waals surface area contributed by atoms with Gasteiger partial charge in [-0.05, 0) is 20.3 Å². The van der Waals surface area contributed by atoms with Crippen molar-refractivity contribution >= 4 is 0 Å². The molecule has 0 saturated carbocycles. The summed E-state index contributed by atoms with van der Waals surface area (Å²) in [5.41, 5.74) is -0.327. The van der Waals surface area contributed by atoms with Crippen LogP contribution in [0, 0.1) is 0 Å². The first-order valence-corrected chi connectivity index (χ1v) is 6.27. The van der Waals surface area contributed by atoms with E-state index in [0.29, 0.717) is 26.4 Å². The van der Waals surface area contributed by atoms with Crippen molar-refractivity contribution in [3.05, 3.63) is 0 Å². The standard InChI is InChI=1S/C12H27NO4/c1-4-12(3,10-14)13-8-11(15)9-17-7-6-16-5-2/h11,13-15H,4-10H2,1-3H3. The number of hydrogen-bond acceptors (Lipinski definition) is 5. The van der Waals surface area contributed by atoms with Gasteiger partial charge in [0.2, 0.25) is 0 Å². The van der Waals surface area contributed by atoms with Crippen LogP contribution in [0.3, 0.4) is 0 Å². The van der Waals surface area contributed by atoms with Crippen LogP contribution in [0.1, 0.15) is 27.2 Å². The molecule has 5 nitrogen and oxygen atoms in total. The highest BCUT2D eigenvalue weighted by Gasteiger charge is 2.20. The van der Waals surface area contributed by atoms with E-state index in [4.69, 9.17) is 9.47 Å². The first-order chi connectivity index (χ1) is 8.08. The highest BCUT2D eigenvalue weighted by Crippen LogP contribution is 2.07. The monoisotopic (exact) mass is 249 g/mol. The maximum absolute atomic E-state index is 9.65. The van der Waals surface area contributed by atoms with Crippen LogP contribution < -0.4 is 5.32 Å². The van der Waals surface area contributed by atoms with Crippen molar-refractivity contribution in [1.29, 1.82) is 0 Å². The molecule has 17 heavy (non-hydrogen) atoms. The Kier molecular flexibility index (Phi) is 9.68. The van der Waals surface area contributed by atoms with Gasteiger partial charge in [0.25, 0.3) is 0 Å². The third-order valence-electron chi connectivity index (χ3n) is 2.78. The molecule has 104 valence electrons. The van der Waals surface area contributed by atoms with Crippen molar-refractivity contribution in [3.8, 4) is 0 Å². The van der Waals surface area contributed by atoms with Gasteiger partial charge in [0.05, 0.1) is 32.5 Å². The Labute approximate surface area is 104 Å². The normalized spacial score (nSPS) is 16.8. The molecule has 0 aliphatic carbocycles. The molecule has 5 heteroatoms. The topological polar surface area (TPSA) is 71.0 Å². The Balaban J connectivity index is 3.55. The van der Waals surface area contributed by atoms with Gasteiger partial charge >= 0.3 is 0 Å². The molecule has 0 heterocycles. The Morgan fingerprint density at radius 2 is 1.88 bits per heavy atom. The van der Waals surface area contributed by atoms with E-state index in [0.717, 1.165) is 6.42 Å². The minimum absolute atomic E-state index is 0.0570. The highest BCUT2D eigenvalue weighted by molar-refractivity contribution is 4.81. The summed E-state index contributed by atoms with van der Waals surface area (Å²) in [5, 5.41) is 22.0. The Hall–Kier alpha value is -0.200. The Bertz CT molecular complexity index is 174. The molecule has 0 bridgehead atoms. The van der Waals surface area contributed by atoms with Gasteiger partial charge in [0.1, 0.15) is 0 Å². The van der Waals surface area contributed by atoms with Gasteiger partial charge in [-0.2, -0.15) is 0 Å². The third kappa shape index (κ3) is 8.51. The average Bonchev–Trinajstić information content (AvgIpc) is 2.35. The van der Waals surface area contributed by atoms with Gasteiger partial charge in [-0.25, -0.2) is 0 Å². The van der Waals surface area contributed by atoms with E-state index in [2.05, 4.69) is 5.32 Å². The van der Waals surface area contributed by atoms with Crippen LogP contribution in [-0.4, -0.2) is 61.4 Å². The van der Waals surface area contributed by atoms with E-state index >= 15 is 0 Å². The van der Waals surface area contributed by atoms with E-state index < -0.39 is 6.10 Å². The Morgan fingerprint density at radius 1 is 1.24 bits per heavy atom. The first-order valence-electron chi connectivity index (χ1n) is 6.27. The summed E-state index contributed by atoms with van der Waals surface area (Å²) in [4.78, 5) is 0. The van der Waals surface area contributed by atoms with Gasteiger partial charge in [-0.15, -0.1) is 0 Å². The maximum atomic E-state index is 9.65. The predicted octanol–water partition coefficient (Wildman–Crippen LogP) is 0.151. The van der Waals surface area contributed by atoms with Crippen LogP contribution in [-0.2, 0) is 9.47 Å². The summed E-state index contributed by atoms with van der Waals surface area (Å²) in [6, 6.07) is 0. The molecule has 2 atom stereocenters. The molecular weight excluding hydrogens is 222 g/mol. The minimum atomic E-state index is -0.561. The van der Waals surface area contributed by atoms with E-state index in [1.54, 1.807) is 0 Å². The van der Waals surface area contributed by atoms with Crippen LogP contribution in [0.25, 0.3) is 0 Å². The van der Waals surface area contributed by atoms with Gasteiger partial charge in [0.15, 0.2) is 0 Å². The smallest absolute Gasteiger partial charge is 0.0897 e. The van der Waals surface area contributed by atoms with Crippen molar-refractivity contribution in [1.82, 2.24) is 5.32 Å². The second kappa shape index (κ2) is 9.79. The van der Waals surface area contributed by atoms with Crippen molar-refractivity contribution < 1.29 is 19.7 Å². The van der Waals surface area contributed by atoms with Crippen LogP contribution in [0.2, 0.25) is 0 Å². The summed E-state index contributed by atoms with van der Waals surface area (Å²) in [6.07, 6.45) is 0.246. The molecule has 0 saturated heterocycles. The predicted molar refractivity (Wildman–Crippen MR) is 67.1 cm³/mol. The van der Waals surface area contributed by atoms with Gasteiger partial charge in [-0.1, -0.05) is 6.92 Å². The number of aliphatic hydroxyl groups is 2. The molecule has 3 N–H and O–H groups in total. The third-order valence-corrected chi connectivity index (χ3v) is 2.78. The summed E-state index contributed by atoms with van der Waals surface area (Å²) < 4.78 is 10.4. The zero-order valence-corrected chi connectivity index (χ0v) is 11.2. The van der Waals surface area contributed by atoms with Gasteiger partial charge < -0.3 is 25.0 Å². The second-order valence-electron chi connectivity index (χ2n) is 4.38. The first kappa shape index (κ1) is 16.8. The largest absolute Gasteiger partial charge is 0.394 e. The number of aliphatic hydroxyl groups excluding tert-OH is 2. The van der Waals surface area contributed by atoms with E-state index in [-0.39, 0.29) is 18.8 Å². The minimum Gasteiger partial charge on any atom is -0.394 e. The fourth-order valence-corrected chi connectivity index (χ4v) is 1.20. The zero-order chi connectivity index (χ0) is 13.1. The lowest BCUT2D eigenvalue weighted by molar-refractivity contribution is 0.00283. The van der Waals surface area contributed by atoms with Crippen molar-refractivity contribution in [2.75, 3.05) is 39.6 Å². The van der Waals surface area contributed by atoms with Crippen molar-refractivity contribution in [2.24, 2.45) is 0 Å². The quantitative estimate of drug-likeness (QED) is 0.455. The lowest BCUT2D eigenvalue weighted by Gasteiger charge is -2.28. The molecule has 0 aromatic heterocycles. The molecule has 0 aliphatic heterocycles. The fraction of sp³-hybridized carbons (Fsp3) is 1.00. The molecule has 0 amide bonds. The van der Waals surface area contributed by atoms with Crippen molar-refractivity contribution in [2.45, 2.75) is 38.8 Å². The SMILES string of the molecule is CCOCCOCC(O)CNC(C)(CC)CO. The molecule has 0 spiro atoms. The number of ether oxygens (including phenoxy) is 2. The van der Waals surface area contributed by atoms with Crippen LogP contribution in [0.5, 0.6) is 0 Å². The average molecular weight is 249 g/mol. The van der Waals surface area contributed by atoms with E-state index in [1.165, 1.54) is 0 Å². The number of rotatable bonds is 11. The summed E-state index contributed by atoms with van der Waals surface area (Å²) in [7, 11) is 0. The molecule has 0 aliphatic rings. The molecule has 0 fully saturated rings. The molecule has 0 radical (unpaired) electrons. The van der Waals surface area contributed by atoms with Crippen molar-refractivity contribution in [3.63, 3.8) is 0 Å². The van der Waals surface area contributed by atoms with Crippen LogP contribution in [0.15, 0.2) is 0 Å². The van der Waals surface area contributed by atoms with Crippen LogP contribution >= 0.6 is 0 Å². The summed E-state index contributed by atoms with van der Waals surface area (Å²) >= 11 is 0. The fourth-order valence-electron chi connectivity index (χ4n) is 1.20.